The van der Waals surface area contributed by atoms with Gasteiger partial charge in [0.1, 0.15) is 5.75 Å². The summed E-state index contributed by atoms with van der Waals surface area (Å²) in [7, 11) is -3.73. The van der Waals surface area contributed by atoms with Gasteiger partial charge in [-0.05, 0) is 37.1 Å². The number of amides is 3. The number of urea groups is 1. The molecule has 0 bridgehead atoms. The molecule has 7 heteroatoms. The van der Waals surface area contributed by atoms with Crippen LogP contribution in [0.3, 0.4) is 0 Å². The molecule has 0 unspecified atom stereocenters. The van der Waals surface area contributed by atoms with Crippen LogP contribution in [0.25, 0.3) is 0 Å². The number of hydrogen-bond donors (Lipinski definition) is 1. The molecule has 1 N–H and O–H groups in total. The van der Waals surface area contributed by atoms with E-state index in [9.17, 15) is 18.0 Å². The molecular weight excluding hydrogens is 280 g/mol. The lowest BCUT2D eigenvalue weighted by Gasteiger charge is -2.12. The highest BCUT2D eigenvalue weighted by Gasteiger charge is 2.30. The number of imide groups is 1. The molecule has 0 atom stereocenters. The lowest BCUT2D eigenvalue weighted by Crippen LogP contribution is -2.38. The molecule has 0 spiro atoms. The van der Waals surface area contributed by atoms with Crippen molar-refractivity contribution in [1.82, 2.24) is 10.2 Å². The Balaban J connectivity index is 2.20. The normalized spacial score (nSPS) is 15.3. The first-order valence-corrected chi connectivity index (χ1v) is 7.85. The first-order valence-electron chi connectivity index (χ1n) is 6.19. The third kappa shape index (κ3) is 2.82. The minimum absolute atomic E-state index is 0.105. The van der Waals surface area contributed by atoms with Crippen LogP contribution in [0.5, 0.6) is 0 Å². The Morgan fingerprint density at radius 3 is 2.55 bits per heavy atom. The summed E-state index contributed by atoms with van der Waals surface area (Å²) in [6.45, 7) is 4.25. The molecule has 3 amide bonds. The van der Waals surface area contributed by atoms with Gasteiger partial charge in [0.05, 0.1) is 4.90 Å². The number of nitrogens with one attached hydrogen (secondary N) is 1. The van der Waals surface area contributed by atoms with Crippen molar-refractivity contribution in [2.75, 3.05) is 18.8 Å². The molecule has 1 aliphatic rings. The van der Waals surface area contributed by atoms with Crippen molar-refractivity contribution >= 4 is 21.8 Å². The maximum Gasteiger partial charge on any atom is 0.324 e. The van der Waals surface area contributed by atoms with Crippen molar-refractivity contribution in [2.24, 2.45) is 0 Å². The van der Waals surface area contributed by atoms with Crippen LogP contribution < -0.4 is 5.32 Å². The summed E-state index contributed by atoms with van der Waals surface area (Å²) >= 11 is 0. The van der Waals surface area contributed by atoms with Crippen molar-refractivity contribution in [2.45, 2.75) is 18.7 Å². The summed E-state index contributed by atoms with van der Waals surface area (Å²) in [6.07, 6.45) is 0. The van der Waals surface area contributed by atoms with Crippen LogP contribution in [0.15, 0.2) is 23.1 Å². The van der Waals surface area contributed by atoms with Crippen LogP contribution in [0.1, 0.15) is 11.1 Å². The molecule has 1 aromatic carbocycles. The zero-order valence-electron chi connectivity index (χ0n) is 11.3. The van der Waals surface area contributed by atoms with Crippen molar-refractivity contribution in [1.29, 1.82) is 0 Å². The number of hydrogen-bond acceptors (Lipinski definition) is 4. The highest BCUT2D eigenvalue weighted by Crippen LogP contribution is 2.16. The van der Waals surface area contributed by atoms with Crippen molar-refractivity contribution in [3.63, 3.8) is 0 Å². The predicted octanol–water partition coefficient (Wildman–Crippen LogP) is 0.629. The zero-order chi connectivity index (χ0) is 14.9. The Hall–Kier alpha value is -1.89. The van der Waals surface area contributed by atoms with E-state index >= 15 is 0 Å². The van der Waals surface area contributed by atoms with E-state index in [1.165, 1.54) is 6.07 Å². The lowest BCUT2D eigenvalue weighted by atomic mass is 10.1. The van der Waals surface area contributed by atoms with E-state index in [4.69, 9.17) is 0 Å². The van der Waals surface area contributed by atoms with Gasteiger partial charge in [0, 0.05) is 13.1 Å². The minimum Gasteiger partial charge on any atom is -0.336 e. The Kier molecular flexibility index (Phi) is 3.80. The van der Waals surface area contributed by atoms with E-state index in [1.54, 1.807) is 12.1 Å². The van der Waals surface area contributed by atoms with Gasteiger partial charge in [-0.25, -0.2) is 13.2 Å². The smallest absolute Gasteiger partial charge is 0.324 e. The molecule has 1 saturated heterocycles. The van der Waals surface area contributed by atoms with E-state index in [-0.39, 0.29) is 11.4 Å². The third-order valence-corrected chi connectivity index (χ3v) is 4.91. The minimum atomic E-state index is -3.73. The molecule has 1 aliphatic heterocycles. The molecule has 1 heterocycles. The maximum absolute atomic E-state index is 12.2. The molecule has 1 fully saturated rings. The fraction of sp³-hybridized carbons (Fsp3) is 0.385. The number of rotatable bonds is 3. The van der Waals surface area contributed by atoms with Gasteiger partial charge in [-0.2, -0.15) is 0 Å². The van der Waals surface area contributed by atoms with E-state index in [0.717, 1.165) is 16.0 Å². The zero-order valence-corrected chi connectivity index (χ0v) is 12.2. The lowest BCUT2D eigenvalue weighted by molar-refractivity contribution is -0.124. The fourth-order valence-electron chi connectivity index (χ4n) is 1.94. The molecule has 6 nitrogen and oxygen atoms in total. The van der Waals surface area contributed by atoms with Crippen LogP contribution in [0.2, 0.25) is 0 Å². The van der Waals surface area contributed by atoms with Gasteiger partial charge in [-0.1, -0.05) is 6.07 Å². The van der Waals surface area contributed by atoms with E-state index in [0.29, 0.717) is 6.54 Å². The van der Waals surface area contributed by atoms with Crippen molar-refractivity contribution in [3.05, 3.63) is 29.3 Å². The molecular formula is C13H16N2O4S. The van der Waals surface area contributed by atoms with Gasteiger partial charge >= 0.3 is 6.03 Å². The average molecular weight is 296 g/mol. The van der Waals surface area contributed by atoms with Crippen LogP contribution in [0.4, 0.5) is 4.79 Å². The molecule has 1 aromatic rings. The standard InChI is InChI=1S/C13H16N2O4S/c1-9-3-4-11(7-10(9)2)20(18,19)8-12(16)15-6-5-14-13(15)17/h3-4,7H,5-6,8H2,1-2H3,(H,14,17). The predicted molar refractivity (Wildman–Crippen MR) is 73.1 cm³/mol. The summed E-state index contributed by atoms with van der Waals surface area (Å²) in [5, 5.41) is 2.46. The van der Waals surface area contributed by atoms with Crippen molar-refractivity contribution in [3.8, 4) is 0 Å². The van der Waals surface area contributed by atoms with Crippen LogP contribution in [0, 0.1) is 13.8 Å². The number of carbonyl (C=O) groups excluding carboxylic acids is 2. The molecule has 20 heavy (non-hydrogen) atoms. The first kappa shape index (κ1) is 14.5. The molecule has 0 radical (unpaired) electrons. The Labute approximate surface area is 117 Å². The Bertz CT molecular complexity index is 667. The second-order valence-corrected chi connectivity index (χ2v) is 6.77. The quantitative estimate of drug-likeness (QED) is 0.886. The van der Waals surface area contributed by atoms with Crippen molar-refractivity contribution < 1.29 is 18.0 Å². The fourth-order valence-corrected chi connectivity index (χ4v) is 3.22. The largest absolute Gasteiger partial charge is 0.336 e. The summed E-state index contributed by atoms with van der Waals surface area (Å²) in [6, 6.07) is 4.19. The van der Waals surface area contributed by atoms with Gasteiger partial charge in [-0.3, -0.25) is 9.69 Å². The van der Waals surface area contributed by atoms with Gasteiger partial charge in [0.2, 0.25) is 5.91 Å². The van der Waals surface area contributed by atoms with Crippen LogP contribution in [-0.2, 0) is 14.6 Å². The number of carbonyl (C=O) groups is 2. The SMILES string of the molecule is Cc1ccc(S(=O)(=O)CC(=O)N2CCNC2=O)cc1C. The monoisotopic (exact) mass is 296 g/mol. The number of nitrogens with zero attached hydrogens (tertiary/aromatic N) is 1. The second-order valence-electron chi connectivity index (χ2n) is 4.78. The van der Waals surface area contributed by atoms with Crippen LogP contribution in [-0.4, -0.2) is 44.1 Å². The number of benzene rings is 1. The Morgan fingerprint density at radius 1 is 1.30 bits per heavy atom. The molecule has 0 aliphatic carbocycles. The topological polar surface area (TPSA) is 83.6 Å². The Morgan fingerprint density at radius 2 is 2.00 bits per heavy atom. The van der Waals surface area contributed by atoms with E-state index in [2.05, 4.69) is 5.32 Å². The average Bonchev–Trinajstić information content (AvgIpc) is 2.78. The summed E-state index contributed by atoms with van der Waals surface area (Å²) < 4.78 is 24.4. The highest BCUT2D eigenvalue weighted by atomic mass is 32.2. The molecule has 0 aromatic heterocycles. The summed E-state index contributed by atoms with van der Waals surface area (Å²) in [4.78, 5) is 24.3. The summed E-state index contributed by atoms with van der Waals surface area (Å²) in [5.41, 5.74) is 1.83. The van der Waals surface area contributed by atoms with Gasteiger partial charge in [0.25, 0.3) is 0 Å². The number of aryl methyl sites for hydroxylation is 2. The second kappa shape index (κ2) is 5.24. The summed E-state index contributed by atoms with van der Waals surface area (Å²) in [5.74, 6) is -1.39. The number of sulfone groups is 1. The molecule has 2 rings (SSSR count). The maximum atomic E-state index is 12.2. The van der Waals surface area contributed by atoms with E-state index < -0.39 is 27.5 Å². The van der Waals surface area contributed by atoms with Gasteiger partial charge < -0.3 is 5.32 Å². The van der Waals surface area contributed by atoms with Gasteiger partial charge in [0.15, 0.2) is 9.84 Å². The van der Waals surface area contributed by atoms with E-state index in [1.807, 2.05) is 13.8 Å². The highest BCUT2D eigenvalue weighted by molar-refractivity contribution is 7.92. The van der Waals surface area contributed by atoms with Crippen LogP contribution >= 0.6 is 0 Å². The molecule has 0 saturated carbocycles. The molecule has 108 valence electrons. The van der Waals surface area contributed by atoms with Gasteiger partial charge in [-0.15, -0.1) is 0 Å². The third-order valence-electron chi connectivity index (χ3n) is 3.31. The first-order chi connectivity index (χ1) is 9.31.